The van der Waals surface area contributed by atoms with Gasteiger partial charge in [-0.1, -0.05) is 60.7 Å². The summed E-state index contributed by atoms with van der Waals surface area (Å²) in [6.45, 7) is 7.59. The number of carbonyl (C=O) groups is 2. The average Bonchev–Trinajstić information content (AvgIpc) is 3.49. The molecular weight excluding hydrogens is 587 g/mol. The summed E-state index contributed by atoms with van der Waals surface area (Å²) in [6, 6.07) is 27.0. The molecule has 3 aromatic carbocycles. The maximum absolute atomic E-state index is 13.4. The molecule has 44 heavy (non-hydrogen) atoms. The Labute approximate surface area is 282 Å². The normalized spacial score (nSPS) is 11.4. The van der Waals surface area contributed by atoms with E-state index in [0.717, 1.165) is 39.3 Å². The second-order valence-corrected chi connectivity index (χ2v) is 11.4. The Morgan fingerprint density at radius 2 is 1.61 bits per heavy atom. The van der Waals surface area contributed by atoms with Gasteiger partial charge in [0.15, 0.2) is 0 Å². The second kappa shape index (κ2) is 18.8. The molecule has 0 unspecified atom stereocenters. The Morgan fingerprint density at radius 1 is 0.932 bits per heavy atom. The number of carboxylic acids is 1. The van der Waals surface area contributed by atoms with E-state index in [1.165, 1.54) is 18.1 Å². The first kappa shape index (κ1) is 37.3. The number of hydrogen-bond donors (Lipinski definition) is 1. The van der Waals surface area contributed by atoms with E-state index in [0.29, 0.717) is 30.8 Å². The summed E-state index contributed by atoms with van der Waals surface area (Å²) >= 11 is 6.17. The van der Waals surface area contributed by atoms with Crippen molar-refractivity contribution in [2.45, 2.75) is 52.4 Å². The van der Waals surface area contributed by atoms with Crippen molar-refractivity contribution >= 4 is 35.2 Å². The molecule has 0 aliphatic rings. The van der Waals surface area contributed by atoms with E-state index in [1.54, 1.807) is 6.07 Å². The van der Waals surface area contributed by atoms with Crippen molar-refractivity contribution in [2.24, 2.45) is 0 Å². The number of aliphatic carboxylic acids is 1. The van der Waals surface area contributed by atoms with E-state index in [9.17, 15) is 14.7 Å². The Morgan fingerprint density at radius 3 is 2.25 bits per heavy atom. The smallest absolute Gasteiger partial charge is 0.548 e. The predicted molar refractivity (Wildman–Crippen MR) is 176 cm³/mol. The molecule has 0 saturated heterocycles. The van der Waals surface area contributed by atoms with Crippen LogP contribution in [0.1, 0.15) is 47.5 Å². The van der Waals surface area contributed by atoms with Crippen molar-refractivity contribution in [3.05, 3.63) is 107 Å². The van der Waals surface area contributed by atoms with Crippen LogP contribution in [0.3, 0.4) is 0 Å². The molecule has 0 saturated carbocycles. The van der Waals surface area contributed by atoms with E-state index >= 15 is 0 Å². The molecule has 0 aliphatic heterocycles. The maximum Gasteiger partial charge on any atom is 1.00 e. The molecule has 1 amide bonds. The third kappa shape index (κ3) is 10.3. The van der Waals surface area contributed by atoms with Crippen LogP contribution in [0.5, 0.6) is 0 Å². The van der Waals surface area contributed by atoms with Crippen molar-refractivity contribution in [1.82, 2.24) is 10.2 Å². The van der Waals surface area contributed by atoms with Crippen LogP contribution < -0.4 is 29.3 Å². The molecule has 9 heteroatoms. The number of carboxylic acid groups (broad SMARTS) is 1. The van der Waals surface area contributed by atoms with Gasteiger partial charge in [0, 0.05) is 30.1 Å². The fraction of sp³-hybridized carbons (Fsp3) is 0.314. The molecule has 0 spiro atoms. The summed E-state index contributed by atoms with van der Waals surface area (Å²) < 4.78 is 6.18. The molecule has 1 aromatic heterocycles. The number of benzene rings is 3. The minimum absolute atomic E-state index is 0. The maximum atomic E-state index is 13.4. The van der Waals surface area contributed by atoms with Gasteiger partial charge in [0.2, 0.25) is 0 Å². The Balaban J connectivity index is 0.00000220. The zero-order valence-corrected chi connectivity index (χ0v) is 28.0. The quantitative estimate of drug-likeness (QED) is 0.180. The summed E-state index contributed by atoms with van der Waals surface area (Å²) in [5.74, 6) is 0.633. The SMILES string of the molecule is CCl.CSCC[C@H](NC(=O)c1ccc(CN(Cc2ccc(-c3ccccc3)o2)C(C)C)cc1-c1ccccc1C)C(=O)[O-].[Li+]. The molecule has 0 fully saturated rings. The summed E-state index contributed by atoms with van der Waals surface area (Å²) in [6.07, 6.45) is 3.67. The van der Waals surface area contributed by atoms with Gasteiger partial charge in [0.25, 0.3) is 5.91 Å². The Hall–Kier alpha value is -2.92. The fourth-order valence-electron chi connectivity index (χ4n) is 4.78. The molecule has 1 N–H and O–H groups in total. The molecule has 4 aromatic rings. The van der Waals surface area contributed by atoms with Gasteiger partial charge >= 0.3 is 18.9 Å². The molecule has 228 valence electrons. The first-order valence-corrected chi connectivity index (χ1v) is 16.4. The number of nitrogens with one attached hydrogen (secondary N) is 1. The van der Waals surface area contributed by atoms with Gasteiger partial charge in [-0.2, -0.15) is 11.8 Å². The van der Waals surface area contributed by atoms with Crippen molar-refractivity contribution in [1.29, 1.82) is 0 Å². The van der Waals surface area contributed by atoms with Crippen molar-refractivity contribution in [3.8, 4) is 22.5 Å². The predicted octanol–water partition coefficient (Wildman–Crippen LogP) is 3.79. The molecule has 1 atom stereocenters. The van der Waals surface area contributed by atoms with Crippen LogP contribution in [0.15, 0.2) is 89.3 Å². The number of hydrogen-bond acceptors (Lipinski definition) is 6. The molecule has 1 heterocycles. The van der Waals surface area contributed by atoms with Gasteiger partial charge in [0.05, 0.1) is 18.6 Å². The van der Waals surface area contributed by atoms with Gasteiger partial charge in [-0.05, 0) is 85.7 Å². The first-order chi connectivity index (χ1) is 20.8. The molecule has 6 nitrogen and oxygen atoms in total. The van der Waals surface area contributed by atoms with Crippen molar-refractivity contribution in [3.63, 3.8) is 0 Å². The number of thioether (sulfide) groups is 1. The van der Waals surface area contributed by atoms with E-state index in [-0.39, 0.29) is 24.9 Å². The summed E-state index contributed by atoms with van der Waals surface area (Å²) in [5, 5.41) is 14.4. The zero-order chi connectivity index (χ0) is 31.4. The number of amides is 1. The van der Waals surface area contributed by atoms with Crippen molar-refractivity contribution < 1.29 is 38.0 Å². The number of carbonyl (C=O) groups excluding carboxylic acids is 2. The van der Waals surface area contributed by atoms with Crippen LogP contribution >= 0.6 is 23.4 Å². The molecular formula is C35H40ClLiN2O4S. The van der Waals surface area contributed by atoms with Gasteiger partial charge in [-0.3, -0.25) is 9.69 Å². The number of aryl methyl sites for hydroxylation is 1. The van der Waals surface area contributed by atoms with Gasteiger partial charge in [-0.25, -0.2) is 0 Å². The number of halogens is 1. The van der Waals surface area contributed by atoms with Crippen LogP contribution in [0, 0.1) is 6.92 Å². The zero-order valence-electron chi connectivity index (χ0n) is 26.4. The summed E-state index contributed by atoms with van der Waals surface area (Å²) in [7, 11) is 0. The number of furan rings is 1. The number of rotatable bonds is 13. The van der Waals surface area contributed by atoms with Crippen LogP contribution in [-0.4, -0.2) is 47.3 Å². The van der Waals surface area contributed by atoms with E-state index in [2.05, 4.69) is 35.7 Å². The number of alkyl halides is 1. The number of nitrogens with zero attached hydrogens (tertiary/aromatic N) is 1. The molecule has 0 aliphatic carbocycles. The first-order valence-electron chi connectivity index (χ1n) is 14.2. The minimum atomic E-state index is -1.28. The minimum Gasteiger partial charge on any atom is -0.548 e. The van der Waals surface area contributed by atoms with Crippen LogP contribution in [0.25, 0.3) is 22.5 Å². The van der Waals surface area contributed by atoms with Crippen LogP contribution in [-0.2, 0) is 17.9 Å². The Bertz CT molecular complexity index is 1480. The topological polar surface area (TPSA) is 85.6 Å². The Kier molecular flexibility index (Phi) is 15.9. The second-order valence-electron chi connectivity index (χ2n) is 10.5. The molecule has 0 radical (unpaired) electrons. The molecule has 4 rings (SSSR count). The largest absolute Gasteiger partial charge is 1.00 e. The molecule has 0 bridgehead atoms. The third-order valence-corrected chi connectivity index (χ3v) is 7.80. The van der Waals surface area contributed by atoms with E-state index in [4.69, 9.17) is 4.42 Å². The summed E-state index contributed by atoms with van der Waals surface area (Å²) in [4.78, 5) is 27.4. The van der Waals surface area contributed by atoms with Crippen molar-refractivity contribution in [2.75, 3.05) is 18.4 Å². The fourth-order valence-corrected chi connectivity index (χ4v) is 5.25. The van der Waals surface area contributed by atoms with Crippen LogP contribution in [0.2, 0.25) is 0 Å². The van der Waals surface area contributed by atoms with Crippen LogP contribution in [0.4, 0.5) is 0 Å². The summed E-state index contributed by atoms with van der Waals surface area (Å²) in [5.41, 5.74) is 5.26. The average molecular weight is 627 g/mol. The monoisotopic (exact) mass is 626 g/mol. The standard InChI is InChI=1S/C34H38N2O4S.CH3Cl.Li/c1-23(2)36(22-27-15-17-32(40-27)26-11-6-5-7-12-26)21-25-14-16-29(30(20-25)28-13-9-8-10-24(28)3)33(37)35-31(34(38)39)18-19-41-4;1-2;/h5-17,20,23,31H,18-19,21-22H2,1-4H3,(H,35,37)(H,38,39);1H3;/q;;+1/p-1/t31-;;/m0../s1. The van der Waals surface area contributed by atoms with Gasteiger partial charge in [-0.15, -0.1) is 11.6 Å². The van der Waals surface area contributed by atoms with E-state index < -0.39 is 17.9 Å². The van der Waals surface area contributed by atoms with Gasteiger partial charge in [0.1, 0.15) is 11.5 Å². The van der Waals surface area contributed by atoms with E-state index in [1.807, 2.05) is 92.0 Å². The third-order valence-electron chi connectivity index (χ3n) is 7.16. The van der Waals surface area contributed by atoms with Gasteiger partial charge < -0.3 is 19.6 Å².